The molecule has 0 spiro atoms. The van der Waals surface area contributed by atoms with Crippen molar-refractivity contribution in [2.75, 3.05) is 0 Å². The summed E-state index contributed by atoms with van der Waals surface area (Å²) in [4.78, 5) is 33.6. The van der Waals surface area contributed by atoms with Gasteiger partial charge >= 0.3 is 5.97 Å². The number of phenols is 1. The van der Waals surface area contributed by atoms with Crippen LogP contribution in [0.2, 0.25) is 0 Å². The Morgan fingerprint density at radius 3 is 2.41 bits per heavy atom. The summed E-state index contributed by atoms with van der Waals surface area (Å²) in [5, 5.41) is 9.23. The van der Waals surface area contributed by atoms with Gasteiger partial charge in [0, 0.05) is 12.3 Å². The van der Waals surface area contributed by atoms with E-state index in [-0.39, 0.29) is 18.6 Å². The van der Waals surface area contributed by atoms with Crippen LogP contribution in [-0.2, 0) is 19.1 Å². The van der Waals surface area contributed by atoms with Crippen LogP contribution < -0.4 is 0 Å². The highest BCUT2D eigenvalue weighted by Crippen LogP contribution is 2.23. The van der Waals surface area contributed by atoms with Crippen LogP contribution in [0.4, 0.5) is 0 Å². The summed E-state index contributed by atoms with van der Waals surface area (Å²) in [6, 6.07) is 6.36. The minimum atomic E-state index is -0.478. The molecule has 0 fully saturated rings. The van der Waals surface area contributed by atoms with Crippen molar-refractivity contribution in [3.8, 4) is 5.75 Å². The van der Waals surface area contributed by atoms with Gasteiger partial charge in [-0.15, -0.1) is 0 Å². The van der Waals surface area contributed by atoms with Gasteiger partial charge in [0.1, 0.15) is 24.4 Å². The molecule has 1 N–H and O–H groups in total. The van der Waals surface area contributed by atoms with Crippen LogP contribution in [0.3, 0.4) is 0 Å². The number of allylic oxidation sites excluding steroid dienone is 2. The van der Waals surface area contributed by atoms with Gasteiger partial charge < -0.3 is 14.6 Å². The third-order valence-electron chi connectivity index (χ3n) is 3.41. The lowest BCUT2D eigenvalue weighted by Crippen LogP contribution is -2.16. The molecular formula is C17H20O5. The van der Waals surface area contributed by atoms with Gasteiger partial charge in [0.15, 0.2) is 0 Å². The molecule has 2 atom stereocenters. The molecule has 118 valence electrons. The minimum Gasteiger partial charge on any atom is -0.508 e. The SMILES string of the molecule is CC=C(C=O)C(CC=O)CC(=O)OC(C)c1ccc(O)cc1. The van der Waals surface area contributed by atoms with Crippen LogP contribution in [-0.4, -0.2) is 23.6 Å². The maximum atomic E-state index is 12.0. The number of esters is 1. The first kappa shape index (κ1) is 17.6. The van der Waals surface area contributed by atoms with Gasteiger partial charge in [0.25, 0.3) is 0 Å². The molecule has 5 nitrogen and oxygen atoms in total. The third kappa shape index (κ3) is 5.16. The fourth-order valence-electron chi connectivity index (χ4n) is 2.11. The van der Waals surface area contributed by atoms with E-state index in [4.69, 9.17) is 4.74 Å². The van der Waals surface area contributed by atoms with Gasteiger partial charge in [-0.2, -0.15) is 0 Å². The highest BCUT2D eigenvalue weighted by atomic mass is 16.5. The van der Waals surface area contributed by atoms with Crippen LogP contribution in [0.1, 0.15) is 38.4 Å². The number of benzene rings is 1. The number of hydrogen-bond acceptors (Lipinski definition) is 5. The smallest absolute Gasteiger partial charge is 0.307 e. The topological polar surface area (TPSA) is 80.7 Å². The Balaban J connectivity index is 2.68. The van der Waals surface area contributed by atoms with E-state index in [1.807, 2.05) is 0 Å². The molecule has 1 aromatic rings. The number of carbonyl (C=O) groups excluding carboxylic acids is 3. The maximum absolute atomic E-state index is 12.0. The molecule has 5 heteroatoms. The van der Waals surface area contributed by atoms with Crippen molar-refractivity contribution >= 4 is 18.5 Å². The van der Waals surface area contributed by atoms with Gasteiger partial charge in [-0.05, 0) is 37.1 Å². The highest BCUT2D eigenvalue weighted by Gasteiger charge is 2.20. The van der Waals surface area contributed by atoms with Gasteiger partial charge in [0.05, 0.1) is 6.42 Å². The van der Waals surface area contributed by atoms with Crippen LogP contribution in [0, 0.1) is 5.92 Å². The summed E-state index contributed by atoms with van der Waals surface area (Å²) in [6.07, 6.45) is 2.54. The summed E-state index contributed by atoms with van der Waals surface area (Å²) in [5.41, 5.74) is 1.17. The molecule has 1 rings (SSSR count). The highest BCUT2D eigenvalue weighted by molar-refractivity contribution is 5.78. The van der Waals surface area contributed by atoms with Crippen molar-refractivity contribution in [3.05, 3.63) is 41.5 Å². The zero-order valence-electron chi connectivity index (χ0n) is 12.7. The number of carbonyl (C=O) groups is 3. The summed E-state index contributed by atoms with van der Waals surface area (Å²) in [7, 11) is 0. The fraction of sp³-hybridized carbons (Fsp3) is 0.353. The molecule has 1 aromatic carbocycles. The lowest BCUT2D eigenvalue weighted by molar-refractivity contribution is -0.149. The zero-order chi connectivity index (χ0) is 16.5. The Labute approximate surface area is 129 Å². The maximum Gasteiger partial charge on any atom is 0.307 e. The van der Waals surface area contributed by atoms with Gasteiger partial charge in [0.2, 0.25) is 0 Å². The molecule has 0 radical (unpaired) electrons. The van der Waals surface area contributed by atoms with Crippen LogP contribution in [0.5, 0.6) is 5.75 Å². The molecule has 0 aliphatic carbocycles. The molecule has 0 aliphatic rings. The third-order valence-corrected chi connectivity index (χ3v) is 3.41. The number of ether oxygens (including phenoxy) is 1. The normalized spacial score (nSPS) is 14.0. The van der Waals surface area contributed by atoms with Crippen LogP contribution in [0.25, 0.3) is 0 Å². The number of hydrogen-bond donors (Lipinski definition) is 1. The molecule has 0 heterocycles. The van der Waals surface area contributed by atoms with Crippen molar-refractivity contribution in [2.45, 2.75) is 32.8 Å². The Hall–Kier alpha value is -2.43. The number of aldehydes is 2. The largest absolute Gasteiger partial charge is 0.508 e. The van der Waals surface area contributed by atoms with Gasteiger partial charge in [-0.25, -0.2) is 0 Å². The Kier molecular flexibility index (Phi) is 7.02. The van der Waals surface area contributed by atoms with E-state index in [1.165, 1.54) is 12.1 Å². The molecule has 2 unspecified atom stereocenters. The zero-order valence-corrected chi connectivity index (χ0v) is 12.7. The fourth-order valence-corrected chi connectivity index (χ4v) is 2.11. The van der Waals surface area contributed by atoms with Crippen LogP contribution >= 0.6 is 0 Å². The van der Waals surface area contributed by atoms with Crippen molar-refractivity contribution in [2.24, 2.45) is 5.92 Å². The Morgan fingerprint density at radius 2 is 1.91 bits per heavy atom. The lowest BCUT2D eigenvalue weighted by atomic mass is 9.93. The first-order valence-electron chi connectivity index (χ1n) is 7.05. The van der Waals surface area contributed by atoms with Crippen molar-refractivity contribution in [1.29, 1.82) is 0 Å². The molecule has 0 aromatic heterocycles. The summed E-state index contributed by atoms with van der Waals surface area (Å²) in [6.45, 7) is 3.40. The predicted molar refractivity (Wildman–Crippen MR) is 81.2 cm³/mol. The van der Waals surface area contributed by atoms with Crippen molar-refractivity contribution < 1.29 is 24.2 Å². The van der Waals surface area contributed by atoms with E-state index in [1.54, 1.807) is 32.1 Å². The summed E-state index contributed by atoms with van der Waals surface area (Å²) >= 11 is 0. The molecule has 0 bridgehead atoms. The van der Waals surface area contributed by atoms with E-state index < -0.39 is 18.0 Å². The second-order valence-corrected chi connectivity index (χ2v) is 4.93. The van der Waals surface area contributed by atoms with E-state index in [0.717, 1.165) is 5.56 Å². The standard InChI is InChI=1S/C17H20O5/c1-3-13(11-19)15(8-9-18)10-17(21)22-12(2)14-4-6-16(20)7-5-14/h3-7,9,11-12,15,20H,8,10H2,1-2H3. The van der Waals surface area contributed by atoms with Crippen molar-refractivity contribution in [1.82, 2.24) is 0 Å². The molecule has 0 amide bonds. The van der Waals surface area contributed by atoms with E-state index in [0.29, 0.717) is 18.1 Å². The average molecular weight is 304 g/mol. The van der Waals surface area contributed by atoms with Crippen LogP contribution in [0.15, 0.2) is 35.9 Å². The quantitative estimate of drug-likeness (QED) is 0.454. The summed E-state index contributed by atoms with van der Waals surface area (Å²) in [5.74, 6) is -0.801. The molecule has 0 aliphatic heterocycles. The Bertz CT molecular complexity index is 545. The van der Waals surface area contributed by atoms with Gasteiger partial charge in [-0.1, -0.05) is 18.2 Å². The number of aromatic hydroxyl groups is 1. The lowest BCUT2D eigenvalue weighted by Gasteiger charge is -2.17. The number of phenolic OH excluding ortho intramolecular Hbond substituents is 1. The molecule has 22 heavy (non-hydrogen) atoms. The molecule has 0 saturated heterocycles. The average Bonchev–Trinajstić information content (AvgIpc) is 2.49. The monoisotopic (exact) mass is 304 g/mol. The second kappa shape index (κ2) is 8.77. The van der Waals surface area contributed by atoms with E-state index >= 15 is 0 Å². The number of rotatable bonds is 8. The summed E-state index contributed by atoms with van der Waals surface area (Å²) < 4.78 is 5.31. The molecular weight excluding hydrogens is 284 g/mol. The van der Waals surface area contributed by atoms with E-state index in [9.17, 15) is 19.5 Å². The van der Waals surface area contributed by atoms with Gasteiger partial charge in [-0.3, -0.25) is 9.59 Å². The second-order valence-electron chi connectivity index (χ2n) is 4.93. The predicted octanol–water partition coefficient (Wildman–Crippen LogP) is 2.74. The van der Waals surface area contributed by atoms with Crippen molar-refractivity contribution in [3.63, 3.8) is 0 Å². The molecule has 0 saturated carbocycles. The first-order valence-corrected chi connectivity index (χ1v) is 7.05. The first-order chi connectivity index (χ1) is 10.5. The van der Waals surface area contributed by atoms with E-state index in [2.05, 4.69) is 0 Å². The minimum absolute atomic E-state index is 0.0282. The Morgan fingerprint density at radius 1 is 1.27 bits per heavy atom.